The molecule has 0 bridgehead atoms. The molecular weight excluding hydrogens is 466 g/mol. The van der Waals surface area contributed by atoms with Gasteiger partial charge in [-0.3, -0.25) is 0 Å². The molecule has 0 fully saturated rings. The third-order valence-electron chi connectivity index (χ3n) is 5.90. The number of benzene rings is 4. The third-order valence-corrected chi connectivity index (χ3v) is 5.90. The predicted octanol–water partition coefficient (Wildman–Crippen LogP) is 6.86. The Morgan fingerprint density at radius 1 is 0.757 bits per heavy atom. The lowest BCUT2D eigenvalue weighted by molar-refractivity contribution is 0.0220. The summed E-state index contributed by atoms with van der Waals surface area (Å²) in [6.07, 6.45) is 0.145. The van der Waals surface area contributed by atoms with Gasteiger partial charge in [-0.2, -0.15) is 0 Å². The molecule has 0 saturated carbocycles. The Kier molecular flexibility index (Phi) is 8.51. The summed E-state index contributed by atoms with van der Waals surface area (Å²) in [5.41, 5.74) is 1.76. The van der Waals surface area contributed by atoms with E-state index >= 15 is 0 Å². The smallest absolute Gasteiger partial charge is 0.407 e. The van der Waals surface area contributed by atoms with Gasteiger partial charge in [0.25, 0.3) is 0 Å². The molecule has 1 amide bonds. The van der Waals surface area contributed by atoms with Crippen molar-refractivity contribution in [2.45, 2.75) is 39.7 Å². The van der Waals surface area contributed by atoms with Crippen molar-refractivity contribution >= 4 is 27.6 Å². The standard InChI is InChI=1S/C31H35NO5/c1-5-34-21-37-29-17-15-23-11-7-9-13-25(23)27(29)20-26-24-12-8-6-10-22(24)14-16-28(26)35-18-19-36-30(33)32-31(2,3)4/h6-17H,5,18-21H2,1-4H3,(H,32,33). The van der Waals surface area contributed by atoms with Gasteiger partial charge in [0.15, 0.2) is 6.79 Å². The third kappa shape index (κ3) is 6.92. The molecule has 0 aliphatic rings. The monoisotopic (exact) mass is 501 g/mol. The maximum absolute atomic E-state index is 12.0. The van der Waals surface area contributed by atoms with Crippen molar-refractivity contribution in [3.05, 3.63) is 83.9 Å². The van der Waals surface area contributed by atoms with E-state index in [-0.39, 0.29) is 25.5 Å². The van der Waals surface area contributed by atoms with Gasteiger partial charge in [0.05, 0.1) is 0 Å². The zero-order valence-corrected chi connectivity index (χ0v) is 22.0. The molecule has 0 heterocycles. The molecule has 0 aromatic heterocycles. The number of rotatable bonds is 10. The molecule has 4 aromatic carbocycles. The Balaban J connectivity index is 1.64. The topological polar surface area (TPSA) is 66.0 Å². The first-order chi connectivity index (χ1) is 17.9. The van der Waals surface area contributed by atoms with Crippen LogP contribution in [-0.2, 0) is 15.9 Å². The fourth-order valence-electron chi connectivity index (χ4n) is 4.26. The van der Waals surface area contributed by atoms with Gasteiger partial charge >= 0.3 is 6.09 Å². The van der Waals surface area contributed by atoms with Gasteiger partial charge in [-0.25, -0.2) is 4.79 Å². The molecule has 0 aliphatic heterocycles. The molecule has 6 nitrogen and oxygen atoms in total. The molecule has 0 unspecified atom stereocenters. The summed E-state index contributed by atoms with van der Waals surface area (Å²) in [7, 11) is 0. The minimum Gasteiger partial charge on any atom is -0.490 e. The van der Waals surface area contributed by atoms with Gasteiger partial charge in [0, 0.05) is 29.7 Å². The van der Waals surface area contributed by atoms with Crippen molar-refractivity contribution < 1.29 is 23.7 Å². The molecular formula is C31H35NO5. The first kappa shape index (κ1) is 26.3. The number of carbonyl (C=O) groups is 1. The van der Waals surface area contributed by atoms with Crippen molar-refractivity contribution in [3.8, 4) is 11.5 Å². The summed E-state index contributed by atoms with van der Waals surface area (Å²) >= 11 is 0. The van der Waals surface area contributed by atoms with E-state index in [0.717, 1.165) is 44.2 Å². The normalized spacial score (nSPS) is 11.5. The Morgan fingerprint density at radius 2 is 1.32 bits per heavy atom. The van der Waals surface area contributed by atoms with Crippen LogP contribution in [-0.4, -0.2) is 38.2 Å². The van der Waals surface area contributed by atoms with E-state index < -0.39 is 6.09 Å². The van der Waals surface area contributed by atoms with Crippen LogP contribution in [0.4, 0.5) is 4.79 Å². The van der Waals surface area contributed by atoms with Crippen LogP contribution in [0, 0.1) is 0 Å². The highest BCUT2D eigenvalue weighted by Gasteiger charge is 2.17. The summed E-state index contributed by atoms with van der Waals surface area (Å²) < 4.78 is 23.0. The lowest BCUT2D eigenvalue weighted by atomic mass is 9.93. The quantitative estimate of drug-likeness (QED) is 0.190. The minimum atomic E-state index is -0.457. The van der Waals surface area contributed by atoms with Crippen molar-refractivity contribution in [2.24, 2.45) is 0 Å². The highest BCUT2D eigenvalue weighted by molar-refractivity contribution is 5.91. The van der Waals surface area contributed by atoms with E-state index in [2.05, 4.69) is 41.7 Å². The number of alkyl carbamates (subject to hydrolysis) is 1. The van der Waals surface area contributed by atoms with E-state index in [1.807, 2.05) is 64.1 Å². The number of hydrogen-bond donors (Lipinski definition) is 1. The lowest BCUT2D eigenvalue weighted by Crippen LogP contribution is -2.41. The summed E-state index contributed by atoms with van der Waals surface area (Å²) in [6.45, 7) is 8.83. The molecule has 0 radical (unpaired) electrons. The van der Waals surface area contributed by atoms with Crippen LogP contribution < -0.4 is 14.8 Å². The molecule has 0 saturated heterocycles. The number of carbonyl (C=O) groups excluding carboxylic acids is 1. The van der Waals surface area contributed by atoms with Gasteiger partial charge in [-0.1, -0.05) is 60.7 Å². The Bertz CT molecular complexity index is 1360. The molecule has 4 aromatic rings. The second-order valence-corrected chi connectivity index (χ2v) is 9.82. The van der Waals surface area contributed by atoms with Crippen LogP contribution in [0.5, 0.6) is 11.5 Å². The van der Waals surface area contributed by atoms with E-state index in [1.165, 1.54) is 0 Å². The average Bonchev–Trinajstić information content (AvgIpc) is 2.87. The fraction of sp³-hybridized carbons (Fsp3) is 0.323. The molecule has 194 valence electrons. The van der Waals surface area contributed by atoms with Crippen molar-refractivity contribution in [3.63, 3.8) is 0 Å². The molecule has 4 rings (SSSR count). The number of hydrogen-bond acceptors (Lipinski definition) is 5. The second-order valence-electron chi connectivity index (χ2n) is 9.82. The van der Waals surface area contributed by atoms with E-state index in [4.69, 9.17) is 18.9 Å². The number of fused-ring (bicyclic) bond motifs is 2. The summed E-state index contributed by atoms with van der Waals surface area (Å²) in [4.78, 5) is 12.0. The largest absolute Gasteiger partial charge is 0.490 e. The number of nitrogens with one attached hydrogen (secondary N) is 1. The second kappa shape index (κ2) is 12.0. The van der Waals surface area contributed by atoms with Crippen LogP contribution in [0.25, 0.3) is 21.5 Å². The molecule has 0 atom stereocenters. The zero-order valence-electron chi connectivity index (χ0n) is 22.0. The summed E-state index contributed by atoms with van der Waals surface area (Å²) in [5, 5.41) is 7.29. The zero-order chi connectivity index (χ0) is 26.3. The molecule has 6 heteroatoms. The highest BCUT2D eigenvalue weighted by atomic mass is 16.7. The molecule has 0 spiro atoms. The van der Waals surface area contributed by atoms with Gasteiger partial charge in [-0.15, -0.1) is 0 Å². The fourth-order valence-corrected chi connectivity index (χ4v) is 4.26. The van der Waals surface area contributed by atoms with Crippen LogP contribution in [0.2, 0.25) is 0 Å². The van der Waals surface area contributed by atoms with Crippen LogP contribution >= 0.6 is 0 Å². The van der Waals surface area contributed by atoms with Gasteiger partial charge in [-0.05, 0) is 61.4 Å². The predicted molar refractivity (Wildman–Crippen MR) is 148 cm³/mol. The molecule has 1 N–H and O–H groups in total. The Hall–Kier alpha value is -3.77. The highest BCUT2D eigenvalue weighted by Crippen LogP contribution is 2.36. The maximum atomic E-state index is 12.0. The number of amides is 1. The van der Waals surface area contributed by atoms with Crippen LogP contribution in [0.15, 0.2) is 72.8 Å². The van der Waals surface area contributed by atoms with E-state index in [0.29, 0.717) is 13.0 Å². The van der Waals surface area contributed by atoms with Gasteiger partial charge in [0.1, 0.15) is 24.7 Å². The summed E-state index contributed by atoms with van der Waals surface area (Å²) in [6, 6.07) is 24.7. The minimum absolute atomic E-state index is 0.144. The molecule has 37 heavy (non-hydrogen) atoms. The summed E-state index contributed by atoms with van der Waals surface area (Å²) in [5.74, 6) is 1.54. The average molecular weight is 502 g/mol. The maximum Gasteiger partial charge on any atom is 0.407 e. The van der Waals surface area contributed by atoms with Crippen LogP contribution in [0.3, 0.4) is 0 Å². The van der Waals surface area contributed by atoms with Gasteiger partial charge in [0.2, 0.25) is 0 Å². The van der Waals surface area contributed by atoms with Gasteiger partial charge < -0.3 is 24.3 Å². The first-order valence-corrected chi connectivity index (χ1v) is 12.7. The van der Waals surface area contributed by atoms with Crippen LogP contribution in [0.1, 0.15) is 38.8 Å². The Labute approximate surface area is 218 Å². The lowest BCUT2D eigenvalue weighted by Gasteiger charge is -2.20. The molecule has 0 aliphatic carbocycles. The van der Waals surface area contributed by atoms with Crippen molar-refractivity contribution in [2.75, 3.05) is 26.6 Å². The Morgan fingerprint density at radius 3 is 1.89 bits per heavy atom. The van der Waals surface area contributed by atoms with Crippen molar-refractivity contribution in [1.82, 2.24) is 5.32 Å². The van der Waals surface area contributed by atoms with Crippen molar-refractivity contribution in [1.29, 1.82) is 0 Å². The number of ether oxygens (including phenoxy) is 4. The first-order valence-electron chi connectivity index (χ1n) is 12.7. The van der Waals surface area contributed by atoms with E-state index in [9.17, 15) is 4.79 Å². The van der Waals surface area contributed by atoms with E-state index in [1.54, 1.807) is 0 Å². The SMILES string of the molecule is CCOCOc1ccc2ccccc2c1Cc1c(OCCOC(=O)NC(C)(C)C)ccc2ccccc12.